The molecule has 5 rings (SSSR count). The second-order valence-electron chi connectivity index (χ2n) is 7.15. The number of aromatic amines is 1. The van der Waals surface area contributed by atoms with Crippen molar-refractivity contribution in [1.82, 2.24) is 15.0 Å². The molecule has 2 heterocycles. The minimum Gasteiger partial charge on any atom is -0.369 e. The van der Waals surface area contributed by atoms with Gasteiger partial charge < -0.3 is 10.3 Å². The number of hydrogen-bond acceptors (Lipinski definition) is 4. The van der Waals surface area contributed by atoms with Crippen molar-refractivity contribution in [2.24, 2.45) is 0 Å². The minimum absolute atomic E-state index is 0.509. The van der Waals surface area contributed by atoms with Crippen LogP contribution in [-0.4, -0.2) is 27.8 Å². The van der Waals surface area contributed by atoms with Gasteiger partial charge in [0.1, 0.15) is 5.82 Å². The van der Waals surface area contributed by atoms with E-state index in [-0.39, 0.29) is 0 Å². The molecule has 0 aliphatic heterocycles. The number of nitrogens with zero attached hydrogens (tertiary/aromatic N) is 2. The van der Waals surface area contributed by atoms with Crippen LogP contribution in [0.5, 0.6) is 0 Å². The average Bonchev–Trinajstić information content (AvgIpc) is 3.18. The van der Waals surface area contributed by atoms with Crippen LogP contribution in [0.1, 0.15) is 15.9 Å². The Morgan fingerprint density at radius 2 is 1.57 bits per heavy atom. The van der Waals surface area contributed by atoms with Gasteiger partial charge in [0.05, 0.1) is 16.8 Å². The summed E-state index contributed by atoms with van der Waals surface area (Å²) in [6, 6.07) is 26.0. The topological polar surface area (TPSA) is 70.7 Å². The van der Waals surface area contributed by atoms with Crippen molar-refractivity contribution in [3.8, 4) is 11.5 Å². The number of H-pyrrole nitrogens is 1. The summed E-state index contributed by atoms with van der Waals surface area (Å²) in [5.41, 5.74) is 4.21. The molecule has 0 saturated heterocycles. The van der Waals surface area contributed by atoms with Crippen LogP contribution < -0.4 is 5.32 Å². The van der Waals surface area contributed by atoms with E-state index >= 15 is 0 Å². The van der Waals surface area contributed by atoms with Crippen molar-refractivity contribution >= 4 is 33.9 Å². The number of rotatable bonds is 6. The van der Waals surface area contributed by atoms with Crippen LogP contribution in [0.2, 0.25) is 0 Å². The smallest absolute Gasteiger partial charge is 0.179 e. The van der Waals surface area contributed by atoms with E-state index < -0.39 is 0 Å². The number of aldehydes is 1. The van der Waals surface area contributed by atoms with Crippen LogP contribution in [0.3, 0.4) is 0 Å². The van der Waals surface area contributed by atoms with Gasteiger partial charge >= 0.3 is 0 Å². The number of nitrogens with one attached hydrogen (secondary N) is 2. The fraction of sp³-hybridized carbons (Fsp3) is 0.0800. The Kier molecular flexibility index (Phi) is 4.69. The normalized spacial score (nSPS) is 11.1. The predicted molar refractivity (Wildman–Crippen MR) is 121 cm³/mol. The second-order valence-corrected chi connectivity index (χ2v) is 7.15. The Balaban J connectivity index is 1.56. The van der Waals surface area contributed by atoms with E-state index in [0.717, 1.165) is 46.9 Å². The van der Waals surface area contributed by atoms with E-state index in [9.17, 15) is 4.79 Å². The molecule has 5 nitrogen and oxygen atoms in total. The lowest BCUT2D eigenvalue weighted by molar-refractivity contribution is 0.112. The zero-order chi connectivity index (χ0) is 20.3. The third-order valence-corrected chi connectivity index (χ3v) is 5.24. The zero-order valence-electron chi connectivity index (χ0n) is 16.3. The van der Waals surface area contributed by atoms with Gasteiger partial charge in [-0.25, -0.2) is 9.97 Å². The average molecular weight is 392 g/mol. The molecule has 0 unspecified atom stereocenters. The van der Waals surface area contributed by atoms with E-state index in [4.69, 9.17) is 9.97 Å². The maximum atomic E-state index is 11.9. The summed E-state index contributed by atoms with van der Waals surface area (Å²) in [4.78, 5) is 24.7. The van der Waals surface area contributed by atoms with Gasteiger partial charge in [-0.2, -0.15) is 0 Å². The van der Waals surface area contributed by atoms with Crippen molar-refractivity contribution in [2.45, 2.75) is 6.42 Å². The van der Waals surface area contributed by atoms with Crippen molar-refractivity contribution in [3.05, 3.63) is 90.0 Å². The molecule has 0 atom stereocenters. The number of para-hydroxylation sites is 2. The van der Waals surface area contributed by atoms with Crippen LogP contribution in [0.15, 0.2) is 78.9 Å². The highest BCUT2D eigenvalue weighted by Crippen LogP contribution is 2.30. The standard InChI is InChI=1S/C25H20N4O/c30-16-20-18-10-4-6-12-21(18)27-23(20)25-28-22-13-7-5-11-19(22)24(29-25)26-15-14-17-8-2-1-3-9-17/h1-13,16,27H,14-15H2,(H,26,28,29). The van der Waals surface area contributed by atoms with Gasteiger partial charge in [-0.05, 0) is 30.2 Å². The van der Waals surface area contributed by atoms with E-state index in [1.165, 1.54) is 5.56 Å². The Bertz CT molecular complexity index is 1340. The first-order chi connectivity index (χ1) is 14.8. The molecule has 0 radical (unpaired) electrons. The van der Waals surface area contributed by atoms with Crippen molar-refractivity contribution in [2.75, 3.05) is 11.9 Å². The molecule has 0 saturated carbocycles. The molecule has 5 heteroatoms. The number of carbonyl (C=O) groups is 1. The molecule has 0 bridgehead atoms. The number of fused-ring (bicyclic) bond motifs is 2. The molecule has 2 aromatic heterocycles. The summed E-state index contributed by atoms with van der Waals surface area (Å²) >= 11 is 0. The Morgan fingerprint density at radius 3 is 2.40 bits per heavy atom. The van der Waals surface area contributed by atoms with Crippen molar-refractivity contribution < 1.29 is 4.79 Å². The van der Waals surface area contributed by atoms with Crippen LogP contribution >= 0.6 is 0 Å². The van der Waals surface area contributed by atoms with Crippen LogP contribution in [-0.2, 0) is 6.42 Å². The highest BCUT2D eigenvalue weighted by Gasteiger charge is 2.17. The molecule has 2 N–H and O–H groups in total. The van der Waals surface area contributed by atoms with Crippen molar-refractivity contribution in [3.63, 3.8) is 0 Å². The molecule has 0 fully saturated rings. The third kappa shape index (κ3) is 3.31. The Labute approximate surface area is 173 Å². The molecule has 146 valence electrons. The highest BCUT2D eigenvalue weighted by molar-refractivity contribution is 6.04. The monoisotopic (exact) mass is 392 g/mol. The SMILES string of the molecule is O=Cc1c(-c2nc(NCCc3ccccc3)c3ccccc3n2)[nH]c2ccccc12. The first kappa shape index (κ1) is 18.1. The lowest BCUT2D eigenvalue weighted by atomic mass is 10.1. The van der Waals surface area contributed by atoms with Gasteiger partial charge in [0, 0.05) is 22.8 Å². The van der Waals surface area contributed by atoms with Gasteiger partial charge in [-0.1, -0.05) is 60.7 Å². The minimum atomic E-state index is 0.509. The molecule has 3 aromatic carbocycles. The fourth-order valence-corrected chi connectivity index (χ4v) is 3.76. The summed E-state index contributed by atoms with van der Waals surface area (Å²) in [7, 11) is 0. The first-order valence-electron chi connectivity index (χ1n) is 9.94. The van der Waals surface area contributed by atoms with Gasteiger partial charge in [0.15, 0.2) is 12.1 Å². The molecule has 30 heavy (non-hydrogen) atoms. The van der Waals surface area contributed by atoms with Gasteiger partial charge in [0.2, 0.25) is 0 Å². The molecule has 5 aromatic rings. The number of aromatic nitrogens is 3. The lowest BCUT2D eigenvalue weighted by Crippen LogP contribution is -2.08. The Morgan fingerprint density at radius 1 is 0.833 bits per heavy atom. The van der Waals surface area contributed by atoms with Crippen molar-refractivity contribution in [1.29, 1.82) is 0 Å². The van der Waals surface area contributed by atoms with Gasteiger partial charge in [-0.15, -0.1) is 0 Å². The van der Waals surface area contributed by atoms with Crippen LogP contribution in [0.25, 0.3) is 33.3 Å². The van der Waals surface area contributed by atoms with E-state index in [1.807, 2.05) is 66.7 Å². The number of hydrogen-bond donors (Lipinski definition) is 2. The maximum Gasteiger partial charge on any atom is 0.179 e. The largest absolute Gasteiger partial charge is 0.369 e. The zero-order valence-corrected chi connectivity index (χ0v) is 16.3. The molecule has 0 amide bonds. The Hall–Kier alpha value is -3.99. The number of anilines is 1. The number of carbonyl (C=O) groups excluding carboxylic acids is 1. The summed E-state index contributed by atoms with van der Waals surface area (Å²) in [5, 5.41) is 5.29. The van der Waals surface area contributed by atoms with E-state index in [2.05, 4.69) is 22.4 Å². The number of benzene rings is 3. The molecule has 0 spiro atoms. The molecular formula is C25H20N4O. The summed E-state index contributed by atoms with van der Waals surface area (Å²) in [6.07, 6.45) is 1.76. The fourth-order valence-electron chi connectivity index (χ4n) is 3.76. The lowest BCUT2D eigenvalue weighted by Gasteiger charge is -2.11. The summed E-state index contributed by atoms with van der Waals surface area (Å²) in [5.74, 6) is 1.27. The van der Waals surface area contributed by atoms with E-state index in [1.54, 1.807) is 0 Å². The summed E-state index contributed by atoms with van der Waals surface area (Å²) < 4.78 is 0. The quantitative estimate of drug-likeness (QED) is 0.388. The maximum absolute atomic E-state index is 11.9. The van der Waals surface area contributed by atoms with Crippen LogP contribution in [0.4, 0.5) is 5.82 Å². The van der Waals surface area contributed by atoms with E-state index in [0.29, 0.717) is 17.1 Å². The van der Waals surface area contributed by atoms with Gasteiger partial charge in [-0.3, -0.25) is 4.79 Å². The van der Waals surface area contributed by atoms with Gasteiger partial charge in [0.25, 0.3) is 0 Å². The second kappa shape index (κ2) is 7.79. The summed E-state index contributed by atoms with van der Waals surface area (Å²) in [6.45, 7) is 0.748. The molecule has 0 aliphatic rings. The first-order valence-corrected chi connectivity index (χ1v) is 9.94. The predicted octanol–water partition coefficient (Wildman–Crippen LogP) is 5.25. The highest BCUT2D eigenvalue weighted by atomic mass is 16.1. The molecule has 0 aliphatic carbocycles. The van der Waals surface area contributed by atoms with Crippen LogP contribution in [0, 0.1) is 0 Å². The third-order valence-electron chi connectivity index (χ3n) is 5.24. The molecular weight excluding hydrogens is 372 g/mol.